The summed E-state index contributed by atoms with van der Waals surface area (Å²) in [4.78, 5) is 18.5. The summed E-state index contributed by atoms with van der Waals surface area (Å²) in [5.41, 5.74) is 5.29. The number of halogens is 2. The maximum Gasteiger partial charge on any atom is 0.196 e. The highest BCUT2D eigenvalue weighted by Crippen LogP contribution is 2.46. The minimum absolute atomic E-state index is 0.0239. The van der Waals surface area contributed by atoms with Crippen molar-refractivity contribution in [2.24, 2.45) is 0 Å². The third kappa shape index (κ3) is 2.38. The molecular formula is C26H13Cl2NO. The maximum atomic E-state index is 13.5. The molecule has 2 nitrogen and oxygen atoms in total. The van der Waals surface area contributed by atoms with Gasteiger partial charge in [-0.1, -0.05) is 89.9 Å². The van der Waals surface area contributed by atoms with Crippen molar-refractivity contribution in [1.29, 1.82) is 0 Å². The fraction of sp³-hybridized carbons (Fsp3) is 0. The van der Waals surface area contributed by atoms with Crippen LogP contribution >= 0.6 is 23.2 Å². The molecule has 6 rings (SSSR count). The minimum Gasteiger partial charge on any atom is -0.288 e. The molecule has 4 aromatic carbocycles. The summed E-state index contributed by atoms with van der Waals surface area (Å²) >= 11 is 12.8. The number of fused-ring (bicyclic) bond motifs is 6. The average molecular weight is 426 g/mol. The van der Waals surface area contributed by atoms with Crippen LogP contribution in [-0.4, -0.2) is 10.8 Å². The Morgan fingerprint density at radius 2 is 1.43 bits per heavy atom. The molecule has 1 heterocycles. The number of ketones is 1. The molecule has 0 N–H and O–H groups in total. The van der Waals surface area contributed by atoms with E-state index >= 15 is 0 Å². The normalized spacial score (nSPS) is 12.4. The second kappa shape index (κ2) is 6.40. The van der Waals surface area contributed by atoms with Crippen LogP contribution in [0.2, 0.25) is 10.0 Å². The topological polar surface area (TPSA) is 30.0 Å². The lowest BCUT2D eigenvalue weighted by Crippen LogP contribution is -2.01. The summed E-state index contributed by atoms with van der Waals surface area (Å²) in [6.07, 6.45) is 0. The molecule has 0 atom stereocenters. The zero-order valence-electron chi connectivity index (χ0n) is 15.6. The molecule has 0 amide bonds. The van der Waals surface area contributed by atoms with E-state index in [1.807, 2.05) is 48.5 Å². The molecule has 0 radical (unpaired) electrons. The lowest BCUT2D eigenvalue weighted by atomic mass is 9.92. The molecule has 0 fully saturated rings. The molecular weight excluding hydrogens is 413 g/mol. The number of hydrogen-bond acceptors (Lipinski definition) is 2. The number of rotatable bonds is 1. The molecule has 0 spiro atoms. The van der Waals surface area contributed by atoms with E-state index in [0.29, 0.717) is 26.9 Å². The van der Waals surface area contributed by atoms with Gasteiger partial charge in [0.05, 0.1) is 16.8 Å². The summed E-state index contributed by atoms with van der Waals surface area (Å²) in [5.74, 6) is -0.0239. The highest BCUT2D eigenvalue weighted by atomic mass is 35.5. The van der Waals surface area contributed by atoms with E-state index in [1.165, 1.54) is 0 Å². The van der Waals surface area contributed by atoms with Crippen LogP contribution in [0.5, 0.6) is 0 Å². The second-order valence-electron chi connectivity index (χ2n) is 7.39. The maximum absolute atomic E-state index is 13.5. The van der Waals surface area contributed by atoms with Crippen molar-refractivity contribution in [2.45, 2.75) is 0 Å². The first-order valence-electron chi connectivity index (χ1n) is 9.58. The fourth-order valence-electron chi connectivity index (χ4n) is 4.41. The summed E-state index contributed by atoms with van der Waals surface area (Å²) in [7, 11) is 0. The van der Waals surface area contributed by atoms with Crippen molar-refractivity contribution < 1.29 is 4.79 Å². The molecule has 4 heteroatoms. The van der Waals surface area contributed by atoms with Gasteiger partial charge in [0.15, 0.2) is 5.78 Å². The lowest BCUT2D eigenvalue weighted by molar-refractivity contribution is 0.104. The van der Waals surface area contributed by atoms with Crippen LogP contribution in [0.15, 0.2) is 78.9 Å². The predicted molar refractivity (Wildman–Crippen MR) is 124 cm³/mol. The minimum atomic E-state index is -0.0239. The number of aromatic nitrogens is 1. The molecule has 0 unspecified atom stereocenters. The van der Waals surface area contributed by atoms with Crippen LogP contribution in [0.25, 0.3) is 44.1 Å². The number of hydrogen-bond donors (Lipinski definition) is 0. The molecule has 5 aromatic rings. The first-order chi connectivity index (χ1) is 14.6. The number of carbonyl (C=O) groups excluding carboxylic acids is 1. The van der Waals surface area contributed by atoms with Gasteiger partial charge < -0.3 is 0 Å². The van der Waals surface area contributed by atoms with Gasteiger partial charge in [0, 0.05) is 43.1 Å². The van der Waals surface area contributed by atoms with Crippen molar-refractivity contribution in [2.75, 3.05) is 0 Å². The monoisotopic (exact) mass is 425 g/mol. The number of benzene rings is 4. The van der Waals surface area contributed by atoms with E-state index in [2.05, 4.69) is 18.2 Å². The second-order valence-corrected chi connectivity index (χ2v) is 8.24. The third-order valence-electron chi connectivity index (χ3n) is 5.73. The van der Waals surface area contributed by atoms with E-state index in [1.54, 1.807) is 12.1 Å². The third-order valence-corrected chi connectivity index (χ3v) is 6.28. The molecule has 0 aliphatic heterocycles. The van der Waals surface area contributed by atoms with E-state index in [-0.39, 0.29) is 5.78 Å². The Hall–Kier alpha value is -3.20. The zero-order valence-corrected chi connectivity index (χ0v) is 17.1. The van der Waals surface area contributed by atoms with Gasteiger partial charge in [0.25, 0.3) is 0 Å². The van der Waals surface area contributed by atoms with Gasteiger partial charge in [-0.2, -0.15) is 0 Å². The molecule has 0 saturated carbocycles. The van der Waals surface area contributed by atoms with Gasteiger partial charge in [-0.15, -0.1) is 0 Å². The lowest BCUT2D eigenvalue weighted by Gasteiger charge is -2.15. The van der Waals surface area contributed by atoms with Crippen molar-refractivity contribution in [3.8, 4) is 22.4 Å². The molecule has 1 aliphatic rings. The van der Waals surface area contributed by atoms with Crippen LogP contribution in [0.3, 0.4) is 0 Å². The van der Waals surface area contributed by atoms with E-state index in [0.717, 1.165) is 38.4 Å². The Kier molecular flexibility index (Phi) is 3.76. The molecule has 1 aromatic heterocycles. The summed E-state index contributed by atoms with van der Waals surface area (Å²) < 4.78 is 0. The Balaban J connectivity index is 1.85. The summed E-state index contributed by atoms with van der Waals surface area (Å²) in [6, 6.07) is 25.3. The van der Waals surface area contributed by atoms with Crippen molar-refractivity contribution in [1.82, 2.24) is 4.98 Å². The summed E-state index contributed by atoms with van der Waals surface area (Å²) in [5, 5.41) is 4.11. The van der Waals surface area contributed by atoms with Gasteiger partial charge in [0.2, 0.25) is 0 Å². The number of carbonyl (C=O) groups is 1. The smallest absolute Gasteiger partial charge is 0.196 e. The zero-order chi connectivity index (χ0) is 20.4. The van der Waals surface area contributed by atoms with E-state index in [9.17, 15) is 4.79 Å². The van der Waals surface area contributed by atoms with E-state index < -0.39 is 0 Å². The first kappa shape index (κ1) is 17.6. The van der Waals surface area contributed by atoms with Gasteiger partial charge in [-0.25, -0.2) is 4.98 Å². The largest absolute Gasteiger partial charge is 0.288 e. The highest BCUT2D eigenvalue weighted by molar-refractivity contribution is 6.38. The van der Waals surface area contributed by atoms with Gasteiger partial charge in [-0.3, -0.25) is 4.79 Å². The van der Waals surface area contributed by atoms with Crippen molar-refractivity contribution in [3.63, 3.8) is 0 Å². The van der Waals surface area contributed by atoms with Crippen LogP contribution in [0, 0.1) is 0 Å². The molecule has 142 valence electrons. The first-order valence-corrected chi connectivity index (χ1v) is 10.3. The van der Waals surface area contributed by atoms with Crippen molar-refractivity contribution in [3.05, 3.63) is 100 Å². The Morgan fingerprint density at radius 1 is 0.667 bits per heavy atom. The van der Waals surface area contributed by atoms with E-state index in [4.69, 9.17) is 28.2 Å². The molecule has 0 saturated heterocycles. The number of nitrogens with zero attached hydrogens (tertiary/aromatic N) is 1. The van der Waals surface area contributed by atoms with Crippen LogP contribution in [0.4, 0.5) is 0 Å². The molecule has 0 bridgehead atoms. The average Bonchev–Trinajstić information content (AvgIpc) is 3.05. The Bertz CT molecular complexity index is 1540. The fourth-order valence-corrected chi connectivity index (χ4v) is 4.91. The standard InChI is InChI=1S/C26H13Cl2NO/c27-15-10-12-19(21(28)13-15)22-20-11-9-14-5-1-2-6-16(14)24(20)29-25-17-7-3-4-8-18(17)26(30)23(22)25/h1-13H. The number of pyridine rings is 1. The van der Waals surface area contributed by atoms with Crippen LogP contribution in [-0.2, 0) is 0 Å². The van der Waals surface area contributed by atoms with Crippen LogP contribution in [0.1, 0.15) is 15.9 Å². The molecule has 1 aliphatic carbocycles. The molecule has 30 heavy (non-hydrogen) atoms. The Labute approximate surface area is 182 Å². The van der Waals surface area contributed by atoms with Crippen molar-refractivity contribution >= 4 is 50.7 Å². The quantitative estimate of drug-likeness (QED) is 0.254. The van der Waals surface area contributed by atoms with Gasteiger partial charge in [0.1, 0.15) is 0 Å². The predicted octanol–water partition coefficient (Wildman–Crippen LogP) is 7.57. The highest BCUT2D eigenvalue weighted by Gasteiger charge is 2.33. The SMILES string of the molecule is O=C1c2ccccc2-c2nc3c(ccc4ccccc43)c(-c3ccc(Cl)cc3Cl)c21. The van der Waals surface area contributed by atoms with Crippen LogP contribution < -0.4 is 0 Å². The summed E-state index contributed by atoms with van der Waals surface area (Å²) in [6.45, 7) is 0. The van der Waals surface area contributed by atoms with Gasteiger partial charge >= 0.3 is 0 Å². The Morgan fingerprint density at radius 3 is 2.27 bits per heavy atom. The van der Waals surface area contributed by atoms with Gasteiger partial charge in [-0.05, 0) is 17.5 Å².